The highest BCUT2D eigenvalue weighted by molar-refractivity contribution is 5.84. The largest absolute Gasteiger partial charge is 0.497 e. The van der Waals surface area contributed by atoms with Gasteiger partial charge in [0.05, 0.1) is 32.4 Å². The first-order valence-corrected chi connectivity index (χ1v) is 9.00. The lowest BCUT2D eigenvalue weighted by Crippen LogP contribution is -1.97. The molecular formula is C20H20N4O7. The molecule has 0 unspecified atom stereocenters. The van der Waals surface area contributed by atoms with Gasteiger partial charge in [0.2, 0.25) is 0 Å². The topological polar surface area (TPSA) is 163 Å². The third kappa shape index (κ3) is 4.71. The molecule has 162 valence electrons. The summed E-state index contributed by atoms with van der Waals surface area (Å²) in [6, 6.07) is 5.33. The number of hydrogen-bond acceptors (Lipinski definition) is 8. The lowest BCUT2D eigenvalue weighted by Gasteiger charge is -2.10. The Kier molecular flexibility index (Phi) is 6.49. The minimum absolute atomic E-state index is 0.447. The van der Waals surface area contributed by atoms with Crippen LogP contribution in [0.25, 0.3) is 10.9 Å². The van der Waals surface area contributed by atoms with Gasteiger partial charge in [0.1, 0.15) is 0 Å². The van der Waals surface area contributed by atoms with Crippen LogP contribution in [0.2, 0.25) is 0 Å². The number of phenolic OH excluding ortho intramolecular Hbond substituents is 1. The number of pyridine rings is 1. The molecule has 0 fully saturated rings. The molecule has 3 aromatic rings. The van der Waals surface area contributed by atoms with Crippen molar-refractivity contribution in [1.29, 1.82) is 0 Å². The summed E-state index contributed by atoms with van der Waals surface area (Å²) in [5.74, 6) is -1.21. The van der Waals surface area contributed by atoms with Gasteiger partial charge in [-0.05, 0) is 69.0 Å². The first-order chi connectivity index (χ1) is 14.3. The molecule has 1 heterocycles. The third-order valence-electron chi connectivity index (χ3n) is 5.07. The average molecular weight is 428 g/mol. The quantitative estimate of drug-likeness (QED) is 0.455. The van der Waals surface area contributed by atoms with E-state index in [2.05, 4.69) is 51.7 Å². The second-order valence-electron chi connectivity index (χ2n) is 7.00. The van der Waals surface area contributed by atoms with Gasteiger partial charge in [-0.2, -0.15) is 0 Å². The van der Waals surface area contributed by atoms with E-state index in [1.54, 1.807) is 0 Å². The van der Waals surface area contributed by atoms with Crippen LogP contribution < -0.4 is 0 Å². The normalized spacial score (nSPS) is 10.4. The zero-order valence-corrected chi connectivity index (χ0v) is 17.5. The van der Waals surface area contributed by atoms with Gasteiger partial charge in [0.25, 0.3) is 11.4 Å². The van der Waals surface area contributed by atoms with E-state index >= 15 is 0 Å². The van der Waals surface area contributed by atoms with Gasteiger partial charge in [0.15, 0.2) is 0 Å². The van der Waals surface area contributed by atoms with E-state index in [4.69, 9.17) is 5.11 Å². The molecule has 0 aliphatic carbocycles. The number of fused-ring (bicyclic) bond motifs is 1. The molecule has 11 heteroatoms. The van der Waals surface area contributed by atoms with Crippen LogP contribution in [-0.4, -0.2) is 24.9 Å². The standard InChI is InChI=1S/C14H17N.C6H3N3O7/c1-8-6-13-11(4)10(3)12(5)15-14(13)7-9(8)2;10-6-4(8(13)14)1-3(7(11)12)2-5(6)9(15)16/h6-7H,1-5H3;1-2,10H. The fraction of sp³-hybridized carbons (Fsp3) is 0.250. The van der Waals surface area contributed by atoms with Gasteiger partial charge < -0.3 is 5.11 Å². The molecule has 0 atom stereocenters. The number of non-ortho nitro benzene ring substituents is 1. The van der Waals surface area contributed by atoms with E-state index in [1.807, 2.05) is 0 Å². The van der Waals surface area contributed by atoms with Crippen molar-refractivity contribution in [3.05, 3.63) is 82.6 Å². The molecule has 1 N–H and O–H groups in total. The van der Waals surface area contributed by atoms with E-state index in [1.165, 1.54) is 27.6 Å². The van der Waals surface area contributed by atoms with Crippen molar-refractivity contribution < 1.29 is 19.9 Å². The van der Waals surface area contributed by atoms with Crippen LogP contribution in [-0.2, 0) is 0 Å². The molecular weight excluding hydrogens is 408 g/mol. The van der Waals surface area contributed by atoms with Crippen LogP contribution in [0.4, 0.5) is 17.1 Å². The van der Waals surface area contributed by atoms with Crippen molar-refractivity contribution in [1.82, 2.24) is 4.98 Å². The van der Waals surface area contributed by atoms with Gasteiger partial charge in [-0.15, -0.1) is 0 Å². The van der Waals surface area contributed by atoms with Crippen molar-refractivity contribution in [2.45, 2.75) is 34.6 Å². The van der Waals surface area contributed by atoms with Crippen LogP contribution in [0, 0.1) is 65.0 Å². The van der Waals surface area contributed by atoms with Crippen LogP contribution in [0.3, 0.4) is 0 Å². The van der Waals surface area contributed by atoms with E-state index in [9.17, 15) is 30.3 Å². The Labute approximate surface area is 176 Å². The number of benzene rings is 2. The number of nitro groups is 3. The minimum atomic E-state index is -1.21. The molecule has 11 nitrogen and oxygen atoms in total. The maximum atomic E-state index is 10.4. The van der Waals surface area contributed by atoms with E-state index < -0.39 is 37.6 Å². The molecule has 0 bridgehead atoms. The highest BCUT2D eigenvalue weighted by atomic mass is 16.6. The molecule has 3 rings (SSSR count). The Hall–Kier alpha value is -4.15. The third-order valence-corrected chi connectivity index (χ3v) is 5.07. The van der Waals surface area contributed by atoms with Gasteiger partial charge in [-0.25, -0.2) is 0 Å². The van der Waals surface area contributed by atoms with Gasteiger partial charge in [-0.1, -0.05) is 0 Å². The van der Waals surface area contributed by atoms with E-state index in [-0.39, 0.29) is 0 Å². The number of nitro benzene ring substituents is 3. The zero-order valence-electron chi connectivity index (χ0n) is 17.5. The average Bonchev–Trinajstić information content (AvgIpc) is 2.68. The van der Waals surface area contributed by atoms with Crippen molar-refractivity contribution in [2.75, 3.05) is 0 Å². The summed E-state index contributed by atoms with van der Waals surface area (Å²) >= 11 is 0. The molecule has 0 spiro atoms. The first kappa shape index (κ1) is 23.1. The lowest BCUT2D eigenvalue weighted by molar-refractivity contribution is -0.404. The van der Waals surface area contributed by atoms with E-state index in [0.29, 0.717) is 12.1 Å². The fourth-order valence-electron chi connectivity index (χ4n) is 2.91. The maximum Gasteiger partial charge on any atom is 0.324 e. The number of aromatic hydroxyl groups is 1. The number of nitrogens with zero attached hydrogens (tertiary/aromatic N) is 4. The number of rotatable bonds is 3. The van der Waals surface area contributed by atoms with Crippen LogP contribution in [0.1, 0.15) is 27.9 Å². The monoisotopic (exact) mass is 428 g/mol. The minimum Gasteiger partial charge on any atom is -0.497 e. The second-order valence-corrected chi connectivity index (χ2v) is 7.00. The smallest absolute Gasteiger partial charge is 0.324 e. The predicted molar refractivity (Wildman–Crippen MR) is 113 cm³/mol. The van der Waals surface area contributed by atoms with Gasteiger partial charge in [0, 0.05) is 11.1 Å². The summed E-state index contributed by atoms with van der Waals surface area (Å²) in [4.78, 5) is 32.4. The number of aromatic nitrogens is 1. The second kappa shape index (κ2) is 8.69. The highest BCUT2D eigenvalue weighted by Crippen LogP contribution is 2.39. The Morgan fingerprint density at radius 1 is 0.742 bits per heavy atom. The molecule has 2 aromatic carbocycles. The summed E-state index contributed by atoms with van der Waals surface area (Å²) in [6.07, 6.45) is 0. The number of aryl methyl sites for hydroxylation is 4. The molecule has 1 aromatic heterocycles. The summed E-state index contributed by atoms with van der Waals surface area (Å²) in [5, 5.41) is 41.5. The zero-order chi connectivity index (χ0) is 23.6. The molecule has 0 saturated carbocycles. The van der Waals surface area contributed by atoms with Crippen molar-refractivity contribution in [3.63, 3.8) is 0 Å². The number of phenols is 1. The maximum absolute atomic E-state index is 10.4. The summed E-state index contributed by atoms with van der Waals surface area (Å²) < 4.78 is 0. The molecule has 0 radical (unpaired) electrons. The molecule has 0 saturated heterocycles. The van der Waals surface area contributed by atoms with Crippen LogP contribution in [0.5, 0.6) is 5.75 Å². The lowest BCUT2D eigenvalue weighted by atomic mass is 9.99. The highest BCUT2D eigenvalue weighted by Gasteiger charge is 2.30. The Morgan fingerprint density at radius 3 is 1.68 bits per heavy atom. The fourth-order valence-corrected chi connectivity index (χ4v) is 2.91. The van der Waals surface area contributed by atoms with Crippen LogP contribution in [0.15, 0.2) is 24.3 Å². The Balaban J connectivity index is 0.000000220. The van der Waals surface area contributed by atoms with E-state index in [0.717, 1.165) is 11.2 Å². The van der Waals surface area contributed by atoms with Crippen molar-refractivity contribution in [3.8, 4) is 5.75 Å². The molecule has 31 heavy (non-hydrogen) atoms. The van der Waals surface area contributed by atoms with Gasteiger partial charge in [-0.3, -0.25) is 35.3 Å². The summed E-state index contributed by atoms with van der Waals surface area (Å²) in [6.45, 7) is 10.7. The van der Waals surface area contributed by atoms with Gasteiger partial charge >= 0.3 is 11.4 Å². The summed E-state index contributed by atoms with van der Waals surface area (Å²) in [5.41, 5.74) is 4.60. The molecule has 0 amide bonds. The SMILES string of the molecule is Cc1cc2nc(C)c(C)c(C)c2cc1C.O=[N+]([O-])c1cc([N+](=O)[O-])c(O)c([N+](=O)[O-])c1. The molecule has 0 aliphatic heterocycles. The van der Waals surface area contributed by atoms with Crippen molar-refractivity contribution in [2.24, 2.45) is 0 Å². The summed E-state index contributed by atoms with van der Waals surface area (Å²) in [7, 11) is 0. The molecule has 0 aliphatic rings. The Bertz CT molecular complexity index is 1200. The first-order valence-electron chi connectivity index (χ1n) is 9.00. The van der Waals surface area contributed by atoms with Crippen molar-refractivity contribution >= 4 is 28.0 Å². The van der Waals surface area contributed by atoms with Crippen LogP contribution >= 0.6 is 0 Å². The Morgan fingerprint density at radius 2 is 1.23 bits per heavy atom. The predicted octanol–water partition coefficient (Wildman–Crippen LogP) is 4.89. The number of hydrogen-bond donors (Lipinski definition) is 1.